The Balaban J connectivity index is 1.94. The number of fused-ring (bicyclic) bond motifs is 1. The van der Waals surface area contributed by atoms with Crippen LogP contribution in [0.1, 0.15) is 19.0 Å². The minimum atomic E-state index is -0.703. The van der Waals surface area contributed by atoms with Gasteiger partial charge in [-0.2, -0.15) is 0 Å². The van der Waals surface area contributed by atoms with Gasteiger partial charge in [-0.1, -0.05) is 13.0 Å². The topological polar surface area (TPSA) is 73.0 Å². The molecule has 1 saturated heterocycles. The fourth-order valence-corrected chi connectivity index (χ4v) is 2.78. The van der Waals surface area contributed by atoms with Crippen LogP contribution >= 0.6 is 0 Å². The van der Waals surface area contributed by atoms with Crippen LogP contribution in [0.2, 0.25) is 0 Å². The second-order valence-corrected chi connectivity index (χ2v) is 5.53. The lowest BCUT2D eigenvalue weighted by atomic mass is 10.3. The average Bonchev–Trinajstić information content (AvgIpc) is 3.01. The second kappa shape index (κ2) is 6.01. The van der Waals surface area contributed by atoms with Crippen LogP contribution < -0.4 is 10.2 Å². The number of rotatable bonds is 5. The van der Waals surface area contributed by atoms with Gasteiger partial charge in [0.1, 0.15) is 5.65 Å². The van der Waals surface area contributed by atoms with E-state index < -0.39 is 12.2 Å². The van der Waals surface area contributed by atoms with E-state index in [1.807, 2.05) is 29.3 Å². The van der Waals surface area contributed by atoms with Crippen LogP contribution in [-0.4, -0.2) is 51.4 Å². The summed E-state index contributed by atoms with van der Waals surface area (Å²) in [6, 6.07) is 5.91. The third kappa shape index (κ3) is 2.74. The monoisotopic (exact) mass is 290 g/mol. The zero-order chi connectivity index (χ0) is 14.8. The summed E-state index contributed by atoms with van der Waals surface area (Å²) in [6.45, 7) is 4.65. The van der Waals surface area contributed by atoms with Gasteiger partial charge in [0.05, 0.1) is 17.9 Å². The predicted octanol–water partition coefficient (Wildman–Crippen LogP) is 0.376. The summed E-state index contributed by atoms with van der Waals surface area (Å²) >= 11 is 0. The van der Waals surface area contributed by atoms with E-state index in [1.54, 1.807) is 0 Å². The first-order valence-corrected chi connectivity index (χ1v) is 7.48. The number of aliphatic hydroxyl groups excluding tert-OH is 2. The molecule has 0 saturated carbocycles. The average molecular weight is 290 g/mol. The van der Waals surface area contributed by atoms with Crippen molar-refractivity contribution in [2.45, 2.75) is 32.1 Å². The third-order valence-corrected chi connectivity index (χ3v) is 3.89. The quantitative estimate of drug-likeness (QED) is 0.694. The van der Waals surface area contributed by atoms with E-state index in [4.69, 9.17) is 0 Å². The zero-order valence-electron chi connectivity index (χ0n) is 12.2. The highest BCUT2D eigenvalue weighted by Crippen LogP contribution is 2.25. The maximum absolute atomic E-state index is 9.77. The normalized spacial score (nSPS) is 22.3. The van der Waals surface area contributed by atoms with Crippen molar-refractivity contribution in [1.82, 2.24) is 14.7 Å². The third-order valence-electron chi connectivity index (χ3n) is 3.89. The first kappa shape index (κ1) is 14.3. The maximum atomic E-state index is 9.77. The highest BCUT2D eigenvalue weighted by Gasteiger charge is 2.32. The molecule has 3 N–H and O–H groups in total. The van der Waals surface area contributed by atoms with Gasteiger partial charge in [0, 0.05) is 25.8 Å². The van der Waals surface area contributed by atoms with Gasteiger partial charge < -0.3 is 24.8 Å². The molecule has 6 heteroatoms. The molecular formula is C15H22N4O2. The molecule has 0 spiro atoms. The van der Waals surface area contributed by atoms with Crippen molar-refractivity contribution in [3.8, 4) is 0 Å². The molecule has 114 valence electrons. The summed E-state index contributed by atoms with van der Waals surface area (Å²) < 4.78 is 2.06. The molecule has 21 heavy (non-hydrogen) atoms. The Bertz CT molecular complexity index is 603. The van der Waals surface area contributed by atoms with E-state index >= 15 is 0 Å². The van der Waals surface area contributed by atoms with Crippen LogP contribution in [0, 0.1) is 0 Å². The van der Waals surface area contributed by atoms with E-state index in [2.05, 4.69) is 21.6 Å². The van der Waals surface area contributed by atoms with Crippen molar-refractivity contribution >= 4 is 11.5 Å². The highest BCUT2D eigenvalue weighted by molar-refractivity contribution is 5.56. The van der Waals surface area contributed by atoms with E-state index in [0.717, 1.165) is 36.7 Å². The summed E-state index contributed by atoms with van der Waals surface area (Å²) in [7, 11) is 0. The minimum Gasteiger partial charge on any atom is -0.389 e. The molecule has 2 atom stereocenters. The molecule has 0 amide bonds. The molecule has 0 aliphatic carbocycles. The van der Waals surface area contributed by atoms with Gasteiger partial charge in [-0.15, -0.1) is 0 Å². The number of hydrogen-bond donors (Lipinski definition) is 3. The van der Waals surface area contributed by atoms with Crippen LogP contribution in [0.15, 0.2) is 24.4 Å². The summed E-state index contributed by atoms with van der Waals surface area (Å²) in [5, 5.41) is 22.9. The lowest BCUT2D eigenvalue weighted by molar-refractivity contribution is 0.0572. The molecule has 0 radical (unpaired) electrons. The largest absolute Gasteiger partial charge is 0.389 e. The van der Waals surface area contributed by atoms with Crippen molar-refractivity contribution < 1.29 is 10.2 Å². The molecule has 3 heterocycles. The van der Waals surface area contributed by atoms with E-state index in [0.29, 0.717) is 13.1 Å². The molecule has 2 aromatic heterocycles. The lowest BCUT2D eigenvalue weighted by Gasteiger charge is -2.17. The number of aliphatic hydroxyl groups is 2. The Morgan fingerprint density at radius 3 is 2.76 bits per heavy atom. The smallest absolute Gasteiger partial charge is 0.152 e. The van der Waals surface area contributed by atoms with Crippen LogP contribution in [0.5, 0.6) is 0 Å². The molecule has 0 aromatic carbocycles. The summed E-state index contributed by atoms with van der Waals surface area (Å²) in [5.74, 6) is 0.848. The molecule has 3 rings (SSSR count). The van der Waals surface area contributed by atoms with Gasteiger partial charge in [-0.25, -0.2) is 4.98 Å². The zero-order valence-corrected chi connectivity index (χ0v) is 12.2. The Morgan fingerprint density at radius 1 is 1.29 bits per heavy atom. The molecular weight excluding hydrogens is 268 g/mol. The molecule has 2 unspecified atom stereocenters. The molecule has 1 aliphatic rings. The van der Waals surface area contributed by atoms with Crippen molar-refractivity contribution in [3.05, 3.63) is 30.1 Å². The van der Waals surface area contributed by atoms with Crippen LogP contribution in [0.4, 0.5) is 5.82 Å². The minimum absolute atomic E-state index is 0.422. The number of pyridine rings is 1. The van der Waals surface area contributed by atoms with Gasteiger partial charge in [0.25, 0.3) is 0 Å². The van der Waals surface area contributed by atoms with Crippen molar-refractivity contribution in [1.29, 1.82) is 0 Å². The molecule has 1 aliphatic heterocycles. The number of β-amino-alcohol motifs (C(OH)–C–C–N with tert-alkyl or cyclic N) is 2. The van der Waals surface area contributed by atoms with Crippen LogP contribution in [0.25, 0.3) is 5.65 Å². The Labute approximate surface area is 124 Å². The molecule has 6 nitrogen and oxygen atoms in total. The Hall–Kier alpha value is -1.63. The van der Waals surface area contributed by atoms with Gasteiger partial charge in [0.2, 0.25) is 0 Å². The van der Waals surface area contributed by atoms with Gasteiger partial charge >= 0.3 is 0 Å². The second-order valence-electron chi connectivity index (χ2n) is 5.53. The standard InChI is InChI=1S/C15H22N4O2/c1-2-6-16-8-11-15(18-9-12(20)13(21)10-18)17-14-5-3-4-7-19(11)14/h3-5,7,12-13,16,20-21H,2,6,8-10H2,1H3. The molecule has 1 fully saturated rings. The summed E-state index contributed by atoms with van der Waals surface area (Å²) in [6.07, 6.45) is 1.67. The van der Waals surface area contributed by atoms with E-state index in [-0.39, 0.29) is 0 Å². The van der Waals surface area contributed by atoms with Crippen LogP contribution in [0.3, 0.4) is 0 Å². The lowest BCUT2D eigenvalue weighted by Crippen LogP contribution is -2.24. The SMILES string of the molecule is CCCNCc1c(N2CC(O)C(O)C2)nc2ccccn12. The van der Waals surface area contributed by atoms with Crippen LogP contribution in [-0.2, 0) is 6.54 Å². The Morgan fingerprint density at radius 2 is 2.05 bits per heavy atom. The van der Waals surface area contributed by atoms with E-state index in [1.165, 1.54) is 0 Å². The van der Waals surface area contributed by atoms with Gasteiger partial charge in [0.15, 0.2) is 5.82 Å². The highest BCUT2D eigenvalue weighted by atomic mass is 16.3. The number of anilines is 1. The molecule has 2 aromatic rings. The number of aromatic nitrogens is 2. The number of nitrogens with zero attached hydrogens (tertiary/aromatic N) is 3. The maximum Gasteiger partial charge on any atom is 0.152 e. The van der Waals surface area contributed by atoms with Crippen molar-refractivity contribution in [3.63, 3.8) is 0 Å². The fourth-order valence-electron chi connectivity index (χ4n) is 2.78. The Kier molecular flexibility index (Phi) is 4.10. The van der Waals surface area contributed by atoms with Crippen molar-refractivity contribution in [2.75, 3.05) is 24.5 Å². The predicted molar refractivity (Wildman–Crippen MR) is 81.4 cm³/mol. The molecule has 0 bridgehead atoms. The van der Waals surface area contributed by atoms with Crippen molar-refractivity contribution in [2.24, 2.45) is 0 Å². The van der Waals surface area contributed by atoms with E-state index in [9.17, 15) is 10.2 Å². The summed E-state index contributed by atoms with van der Waals surface area (Å²) in [5.41, 5.74) is 1.96. The first-order valence-electron chi connectivity index (χ1n) is 7.48. The first-order chi connectivity index (χ1) is 10.2. The van der Waals surface area contributed by atoms with Gasteiger partial charge in [-0.3, -0.25) is 0 Å². The fraction of sp³-hybridized carbons (Fsp3) is 0.533. The number of hydrogen-bond acceptors (Lipinski definition) is 5. The van der Waals surface area contributed by atoms with Gasteiger partial charge in [-0.05, 0) is 25.1 Å². The summed E-state index contributed by atoms with van der Waals surface area (Å²) in [4.78, 5) is 6.63. The number of nitrogens with one attached hydrogen (secondary N) is 1. The number of imidazole rings is 1.